The van der Waals surface area contributed by atoms with Crippen LogP contribution in [-0.2, 0) is 20.6 Å². The van der Waals surface area contributed by atoms with Crippen molar-refractivity contribution in [2.24, 2.45) is 11.8 Å². The van der Waals surface area contributed by atoms with Gasteiger partial charge in [-0.3, -0.25) is 13.9 Å². The molecule has 3 atom stereocenters. The van der Waals surface area contributed by atoms with Crippen LogP contribution in [0.15, 0.2) is 29.8 Å². The lowest BCUT2D eigenvalue weighted by molar-refractivity contribution is -0.163. The highest BCUT2D eigenvalue weighted by Crippen LogP contribution is 2.30. The third kappa shape index (κ3) is 7.21. The molecule has 2 rings (SSSR count). The standard InChI is InChI=1S/C22H32ClNO4S/c1-15(2)19(21(25)28-22(3,4)5)20(29(26)27)24-12-10-17(11-13-24)14-16-6-8-18(23)9-7-16/h6-9,14-15,19-20H,10-13H2,1-5H3,(H,26,27)/p-1. The molecule has 0 saturated carbocycles. The molecule has 1 saturated heterocycles. The van der Waals surface area contributed by atoms with Gasteiger partial charge < -0.3 is 9.29 Å². The molecule has 5 nitrogen and oxygen atoms in total. The SMILES string of the molecule is CC(C)C(C(=O)OC(C)(C)C)C(N1CCC(=Cc2ccc(Cl)cc2)CC1)S(=O)[O-]. The third-order valence-corrected chi connectivity index (χ3v) is 6.18. The fraction of sp³-hybridized carbons (Fsp3) is 0.591. The van der Waals surface area contributed by atoms with Crippen LogP contribution in [0.3, 0.4) is 0 Å². The maximum absolute atomic E-state index is 12.8. The Labute approximate surface area is 181 Å². The van der Waals surface area contributed by atoms with E-state index in [9.17, 15) is 13.6 Å². The van der Waals surface area contributed by atoms with Crippen LogP contribution >= 0.6 is 11.6 Å². The number of likely N-dealkylation sites (tertiary alicyclic amines) is 1. The Morgan fingerprint density at radius 1 is 1.21 bits per heavy atom. The summed E-state index contributed by atoms with van der Waals surface area (Å²) in [6, 6.07) is 7.64. The van der Waals surface area contributed by atoms with Gasteiger partial charge in [-0.2, -0.15) is 0 Å². The number of carbonyl (C=O) groups is 1. The van der Waals surface area contributed by atoms with E-state index in [-0.39, 0.29) is 5.92 Å². The molecule has 0 spiro atoms. The summed E-state index contributed by atoms with van der Waals surface area (Å²) in [6.45, 7) is 10.3. The molecule has 0 bridgehead atoms. The molecular formula is C22H31ClNO4S-. The number of carbonyl (C=O) groups excluding carboxylic acids is 1. The summed E-state index contributed by atoms with van der Waals surface area (Å²) < 4.78 is 29.8. The van der Waals surface area contributed by atoms with Crippen molar-refractivity contribution in [2.45, 2.75) is 58.4 Å². The highest BCUT2D eigenvalue weighted by atomic mass is 35.5. The molecule has 0 aliphatic carbocycles. The van der Waals surface area contributed by atoms with E-state index >= 15 is 0 Å². The highest BCUT2D eigenvalue weighted by molar-refractivity contribution is 7.79. The van der Waals surface area contributed by atoms with Gasteiger partial charge in [-0.05, 0) is 68.3 Å². The Kier molecular flexibility index (Phi) is 8.47. The zero-order chi connectivity index (χ0) is 21.8. The molecule has 1 aliphatic heterocycles. The third-order valence-electron chi connectivity index (χ3n) is 4.94. The van der Waals surface area contributed by atoms with Crippen LogP contribution < -0.4 is 0 Å². The summed E-state index contributed by atoms with van der Waals surface area (Å²) in [4.78, 5) is 14.7. The van der Waals surface area contributed by atoms with Gasteiger partial charge >= 0.3 is 5.97 Å². The second-order valence-electron chi connectivity index (χ2n) is 8.84. The highest BCUT2D eigenvalue weighted by Gasteiger charge is 2.39. The summed E-state index contributed by atoms with van der Waals surface area (Å²) in [7, 11) is 0. The number of rotatable bonds is 6. The average Bonchev–Trinajstić information content (AvgIpc) is 2.60. The van der Waals surface area contributed by atoms with Crippen LogP contribution in [0.25, 0.3) is 6.08 Å². The normalized spacial score (nSPS) is 19.0. The van der Waals surface area contributed by atoms with Crippen LogP contribution in [0.5, 0.6) is 0 Å². The van der Waals surface area contributed by atoms with E-state index in [0.717, 1.165) is 18.4 Å². The fourth-order valence-corrected chi connectivity index (χ4v) is 4.81. The second kappa shape index (κ2) is 10.2. The topological polar surface area (TPSA) is 69.7 Å². The van der Waals surface area contributed by atoms with Gasteiger partial charge in [-0.25, -0.2) is 0 Å². The molecule has 1 aromatic rings. The number of esters is 1. The summed E-state index contributed by atoms with van der Waals surface area (Å²) >= 11 is 3.52. The first-order valence-corrected chi connectivity index (χ1v) is 11.5. The van der Waals surface area contributed by atoms with E-state index in [1.54, 1.807) is 20.8 Å². The van der Waals surface area contributed by atoms with Gasteiger partial charge in [0, 0.05) is 18.1 Å². The minimum atomic E-state index is -2.41. The van der Waals surface area contributed by atoms with Crippen molar-refractivity contribution in [3.63, 3.8) is 0 Å². The molecule has 1 fully saturated rings. The van der Waals surface area contributed by atoms with Crippen molar-refractivity contribution in [3.8, 4) is 0 Å². The van der Waals surface area contributed by atoms with Gasteiger partial charge in [0.15, 0.2) is 0 Å². The number of hydrogen-bond donors (Lipinski definition) is 0. The Morgan fingerprint density at radius 2 is 1.76 bits per heavy atom. The number of nitrogens with zero attached hydrogens (tertiary/aromatic N) is 1. The molecular weight excluding hydrogens is 410 g/mol. The molecule has 7 heteroatoms. The quantitative estimate of drug-likeness (QED) is 0.476. The Hall–Kier alpha value is -1.21. The predicted molar refractivity (Wildman–Crippen MR) is 117 cm³/mol. The molecule has 162 valence electrons. The van der Waals surface area contributed by atoms with Gasteiger partial charge in [0.05, 0.1) is 11.3 Å². The van der Waals surface area contributed by atoms with E-state index < -0.39 is 33.9 Å². The van der Waals surface area contributed by atoms with Crippen molar-refractivity contribution in [1.29, 1.82) is 0 Å². The van der Waals surface area contributed by atoms with Gasteiger partial charge in [-0.15, -0.1) is 0 Å². The van der Waals surface area contributed by atoms with E-state index in [1.807, 2.05) is 43.0 Å². The van der Waals surface area contributed by atoms with Gasteiger partial charge in [0.1, 0.15) is 5.60 Å². The van der Waals surface area contributed by atoms with Crippen LogP contribution in [-0.4, -0.2) is 43.7 Å². The summed E-state index contributed by atoms with van der Waals surface area (Å²) in [5.74, 6) is -1.34. The monoisotopic (exact) mass is 440 g/mol. The number of ether oxygens (including phenoxy) is 1. The molecule has 0 aromatic heterocycles. The molecule has 3 unspecified atom stereocenters. The average molecular weight is 441 g/mol. The first kappa shape index (κ1) is 24.1. The number of benzene rings is 1. The van der Waals surface area contributed by atoms with Crippen LogP contribution in [0.1, 0.15) is 53.0 Å². The lowest BCUT2D eigenvalue weighted by Crippen LogP contribution is -2.51. The smallest absolute Gasteiger partial charge is 0.312 e. The van der Waals surface area contributed by atoms with E-state index in [0.29, 0.717) is 18.1 Å². The van der Waals surface area contributed by atoms with Crippen molar-refractivity contribution < 1.29 is 18.3 Å². The Bertz CT molecular complexity index is 745. The fourth-order valence-electron chi connectivity index (χ4n) is 3.56. The predicted octanol–water partition coefficient (Wildman–Crippen LogP) is 4.64. The number of piperidine rings is 1. The summed E-state index contributed by atoms with van der Waals surface area (Å²) in [5, 5.41) is -0.188. The zero-order valence-electron chi connectivity index (χ0n) is 17.8. The molecule has 1 heterocycles. The van der Waals surface area contributed by atoms with Gasteiger partial charge in [0.25, 0.3) is 0 Å². The van der Waals surface area contributed by atoms with Crippen molar-refractivity contribution in [3.05, 3.63) is 40.4 Å². The van der Waals surface area contributed by atoms with Gasteiger partial charge in [0.2, 0.25) is 0 Å². The maximum Gasteiger partial charge on any atom is 0.312 e. The minimum absolute atomic E-state index is 0.154. The first-order valence-electron chi connectivity index (χ1n) is 9.98. The molecule has 0 amide bonds. The first-order chi connectivity index (χ1) is 13.5. The summed E-state index contributed by atoms with van der Waals surface area (Å²) in [6.07, 6.45) is 3.65. The largest absolute Gasteiger partial charge is 0.771 e. The van der Waals surface area contributed by atoms with Crippen molar-refractivity contribution >= 4 is 34.7 Å². The van der Waals surface area contributed by atoms with E-state index in [2.05, 4.69) is 6.08 Å². The zero-order valence-corrected chi connectivity index (χ0v) is 19.4. The van der Waals surface area contributed by atoms with Crippen LogP contribution in [0, 0.1) is 11.8 Å². The number of hydrogen-bond acceptors (Lipinski definition) is 5. The lowest BCUT2D eigenvalue weighted by Gasteiger charge is -2.41. The minimum Gasteiger partial charge on any atom is -0.771 e. The lowest BCUT2D eigenvalue weighted by atomic mass is 9.92. The van der Waals surface area contributed by atoms with Gasteiger partial charge in [-0.1, -0.05) is 49.2 Å². The number of halogens is 1. The van der Waals surface area contributed by atoms with Crippen LogP contribution in [0.4, 0.5) is 0 Å². The van der Waals surface area contributed by atoms with E-state index in [1.165, 1.54) is 5.57 Å². The second-order valence-corrected chi connectivity index (χ2v) is 10.3. The Morgan fingerprint density at radius 3 is 2.21 bits per heavy atom. The Balaban J connectivity index is 2.14. The molecule has 0 N–H and O–H groups in total. The molecule has 0 radical (unpaired) electrons. The van der Waals surface area contributed by atoms with E-state index in [4.69, 9.17) is 16.3 Å². The summed E-state index contributed by atoms with van der Waals surface area (Å²) in [5.41, 5.74) is 1.68. The van der Waals surface area contributed by atoms with Crippen molar-refractivity contribution in [1.82, 2.24) is 4.90 Å². The van der Waals surface area contributed by atoms with Crippen molar-refractivity contribution in [2.75, 3.05) is 13.1 Å². The molecule has 1 aromatic carbocycles. The molecule has 29 heavy (non-hydrogen) atoms. The maximum atomic E-state index is 12.8. The molecule has 1 aliphatic rings. The van der Waals surface area contributed by atoms with Crippen LogP contribution in [0.2, 0.25) is 5.02 Å².